The van der Waals surface area contributed by atoms with Gasteiger partial charge in [-0.2, -0.15) is 0 Å². The highest BCUT2D eigenvalue weighted by Gasteiger charge is 2.11. The zero-order chi connectivity index (χ0) is 12.4. The van der Waals surface area contributed by atoms with Crippen molar-refractivity contribution in [1.29, 1.82) is 0 Å². The summed E-state index contributed by atoms with van der Waals surface area (Å²) in [6.45, 7) is 1.77. The van der Waals surface area contributed by atoms with Gasteiger partial charge in [0.1, 0.15) is 11.6 Å². The average molecular weight is 297 g/mol. The van der Waals surface area contributed by atoms with Gasteiger partial charge in [-0.25, -0.2) is 4.39 Å². The molecule has 88 valence electrons. The summed E-state index contributed by atoms with van der Waals surface area (Å²) in [4.78, 5) is 11.4. The summed E-state index contributed by atoms with van der Waals surface area (Å²) in [6, 6.07) is 7.98. The molecular weight excluding hydrogens is 287 g/mol. The van der Waals surface area contributed by atoms with Crippen molar-refractivity contribution in [1.82, 2.24) is 0 Å². The van der Waals surface area contributed by atoms with Crippen molar-refractivity contribution in [3.05, 3.63) is 46.4 Å². The summed E-state index contributed by atoms with van der Waals surface area (Å²) in [5, 5.41) is 0. The summed E-state index contributed by atoms with van der Waals surface area (Å²) in [6.07, 6.45) is 0.391. The Bertz CT molecular complexity index is 560. The highest BCUT2D eigenvalue weighted by molar-refractivity contribution is 9.10. The van der Waals surface area contributed by atoms with Crippen LogP contribution in [-0.4, -0.2) is 5.78 Å². The third-order valence-corrected chi connectivity index (χ3v) is 3.05. The second kappa shape index (κ2) is 4.84. The van der Waals surface area contributed by atoms with Crippen LogP contribution in [0.4, 0.5) is 4.39 Å². The Balaban J connectivity index is 2.37. The highest BCUT2D eigenvalue weighted by Crippen LogP contribution is 2.26. The largest absolute Gasteiger partial charge is 0.453 e. The fourth-order valence-electron chi connectivity index (χ4n) is 1.47. The van der Waals surface area contributed by atoms with E-state index < -0.39 is 0 Å². The molecule has 2 rings (SSSR count). The fourth-order valence-corrected chi connectivity index (χ4v) is 1.71. The van der Waals surface area contributed by atoms with Crippen LogP contribution in [0.3, 0.4) is 0 Å². The van der Waals surface area contributed by atoms with Gasteiger partial charge in [0.2, 0.25) is 0 Å². The molecule has 1 heterocycles. The van der Waals surface area contributed by atoms with Crippen LogP contribution in [0.25, 0.3) is 11.3 Å². The van der Waals surface area contributed by atoms with Crippen LogP contribution in [0.5, 0.6) is 0 Å². The van der Waals surface area contributed by atoms with Gasteiger partial charge in [-0.05, 0) is 46.3 Å². The molecule has 0 atom stereocenters. The molecule has 1 aromatic carbocycles. The van der Waals surface area contributed by atoms with Crippen LogP contribution in [0.1, 0.15) is 23.9 Å². The number of rotatable bonds is 3. The quantitative estimate of drug-likeness (QED) is 0.784. The number of hydrogen-bond donors (Lipinski definition) is 0. The number of carbonyl (C=O) groups is 1. The molecule has 0 aliphatic heterocycles. The van der Waals surface area contributed by atoms with Crippen molar-refractivity contribution >= 4 is 21.7 Å². The van der Waals surface area contributed by atoms with Crippen LogP contribution >= 0.6 is 15.9 Å². The molecule has 0 radical (unpaired) electrons. The van der Waals surface area contributed by atoms with Crippen LogP contribution in [0.15, 0.2) is 39.2 Å². The Morgan fingerprint density at radius 3 is 2.76 bits per heavy atom. The number of ketones is 1. The molecule has 4 heteroatoms. The third-order valence-electron chi connectivity index (χ3n) is 2.41. The predicted octanol–water partition coefficient (Wildman–Crippen LogP) is 4.44. The van der Waals surface area contributed by atoms with E-state index in [0.717, 1.165) is 0 Å². The summed E-state index contributed by atoms with van der Waals surface area (Å²) in [5.41, 5.74) is 0.612. The van der Waals surface area contributed by atoms with E-state index in [0.29, 0.717) is 28.0 Å². The Morgan fingerprint density at radius 2 is 2.12 bits per heavy atom. The molecule has 0 aliphatic rings. The van der Waals surface area contributed by atoms with Crippen molar-refractivity contribution in [2.75, 3.05) is 0 Å². The monoisotopic (exact) mass is 296 g/mol. The molecule has 0 N–H and O–H groups in total. The topological polar surface area (TPSA) is 30.2 Å². The number of Topliss-reactive ketones (excluding diaryl/α,β-unsaturated/α-hetero) is 1. The summed E-state index contributed by atoms with van der Waals surface area (Å²) < 4.78 is 19.1. The normalized spacial score (nSPS) is 10.5. The number of hydrogen-bond acceptors (Lipinski definition) is 2. The number of furan rings is 1. The first-order valence-corrected chi connectivity index (χ1v) is 5.99. The molecule has 0 amide bonds. The Kier molecular flexibility index (Phi) is 3.43. The van der Waals surface area contributed by atoms with E-state index in [1.54, 1.807) is 31.2 Å². The lowest BCUT2D eigenvalue weighted by Crippen LogP contribution is -1.92. The minimum absolute atomic E-state index is 0.0613. The molecule has 17 heavy (non-hydrogen) atoms. The Hall–Kier alpha value is -1.42. The minimum atomic E-state index is -0.359. The van der Waals surface area contributed by atoms with Gasteiger partial charge in [0.25, 0.3) is 0 Å². The van der Waals surface area contributed by atoms with Gasteiger partial charge in [0.15, 0.2) is 11.5 Å². The van der Waals surface area contributed by atoms with Gasteiger partial charge in [0.05, 0.1) is 4.47 Å². The standard InChI is InChI=1S/C13H10BrFO2/c1-2-11(16)13-6-5-12(17-13)8-3-4-9(14)10(15)7-8/h3-7H,2H2,1H3. The first-order chi connectivity index (χ1) is 8.11. The van der Waals surface area contributed by atoms with Gasteiger partial charge >= 0.3 is 0 Å². The van der Waals surface area contributed by atoms with Gasteiger partial charge in [-0.15, -0.1) is 0 Å². The molecule has 0 bridgehead atoms. The Labute approximate surface area is 107 Å². The number of benzene rings is 1. The van der Waals surface area contributed by atoms with Crippen molar-refractivity contribution in [3.63, 3.8) is 0 Å². The van der Waals surface area contributed by atoms with Crippen molar-refractivity contribution in [3.8, 4) is 11.3 Å². The second-order valence-corrected chi connectivity index (χ2v) is 4.42. The summed E-state index contributed by atoms with van der Waals surface area (Å²) in [5.74, 6) is 0.384. The van der Waals surface area contributed by atoms with Gasteiger partial charge in [-0.3, -0.25) is 4.79 Å². The SMILES string of the molecule is CCC(=O)c1ccc(-c2ccc(Br)c(F)c2)o1. The van der Waals surface area contributed by atoms with Crippen LogP contribution < -0.4 is 0 Å². The van der Waals surface area contributed by atoms with Crippen molar-refractivity contribution in [2.45, 2.75) is 13.3 Å². The van der Waals surface area contributed by atoms with Crippen LogP contribution in [-0.2, 0) is 0 Å². The molecule has 0 aliphatic carbocycles. The maximum atomic E-state index is 13.3. The second-order valence-electron chi connectivity index (χ2n) is 3.57. The number of halogens is 2. The molecule has 0 saturated heterocycles. The summed E-state index contributed by atoms with van der Waals surface area (Å²) >= 11 is 3.08. The molecule has 0 unspecified atom stereocenters. The first-order valence-electron chi connectivity index (χ1n) is 5.20. The van der Waals surface area contributed by atoms with Crippen molar-refractivity contribution in [2.24, 2.45) is 0 Å². The maximum Gasteiger partial charge on any atom is 0.197 e. The average Bonchev–Trinajstić information content (AvgIpc) is 2.81. The van der Waals surface area contributed by atoms with E-state index in [-0.39, 0.29) is 11.6 Å². The van der Waals surface area contributed by atoms with E-state index >= 15 is 0 Å². The fraction of sp³-hybridized carbons (Fsp3) is 0.154. The van der Waals surface area contributed by atoms with Gasteiger partial charge < -0.3 is 4.42 Å². The zero-order valence-corrected chi connectivity index (χ0v) is 10.8. The molecule has 2 nitrogen and oxygen atoms in total. The third kappa shape index (κ3) is 2.47. The van der Waals surface area contributed by atoms with E-state index in [4.69, 9.17) is 4.42 Å². The lowest BCUT2D eigenvalue weighted by Gasteiger charge is -1.99. The molecule has 2 aromatic rings. The van der Waals surface area contributed by atoms with E-state index in [2.05, 4.69) is 15.9 Å². The molecule has 0 spiro atoms. The van der Waals surface area contributed by atoms with Crippen molar-refractivity contribution < 1.29 is 13.6 Å². The Morgan fingerprint density at radius 1 is 1.35 bits per heavy atom. The maximum absolute atomic E-state index is 13.3. The zero-order valence-electron chi connectivity index (χ0n) is 9.17. The first kappa shape index (κ1) is 12.0. The van der Waals surface area contributed by atoms with Gasteiger partial charge in [-0.1, -0.05) is 6.92 Å². The minimum Gasteiger partial charge on any atom is -0.453 e. The summed E-state index contributed by atoms with van der Waals surface area (Å²) in [7, 11) is 0. The lowest BCUT2D eigenvalue weighted by atomic mass is 10.2. The predicted molar refractivity (Wildman–Crippen MR) is 66.4 cm³/mol. The lowest BCUT2D eigenvalue weighted by molar-refractivity contribution is 0.0962. The smallest absolute Gasteiger partial charge is 0.197 e. The molecular formula is C13H10BrFO2. The van der Waals surface area contributed by atoms with E-state index in [9.17, 15) is 9.18 Å². The number of carbonyl (C=O) groups excluding carboxylic acids is 1. The van der Waals surface area contributed by atoms with Gasteiger partial charge in [0, 0.05) is 12.0 Å². The molecule has 0 saturated carbocycles. The van der Waals surface area contributed by atoms with Crippen LogP contribution in [0, 0.1) is 5.82 Å². The molecule has 1 aromatic heterocycles. The molecule has 0 fully saturated rings. The van der Waals surface area contributed by atoms with Crippen LogP contribution in [0.2, 0.25) is 0 Å². The van der Waals surface area contributed by atoms with E-state index in [1.807, 2.05) is 0 Å². The van der Waals surface area contributed by atoms with E-state index in [1.165, 1.54) is 6.07 Å². The highest BCUT2D eigenvalue weighted by atomic mass is 79.9.